The van der Waals surface area contributed by atoms with Crippen LogP contribution >= 0.6 is 11.8 Å². The van der Waals surface area contributed by atoms with Gasteiger partial charge in [0.25, 0.3) is 0 Å². The summed E-state index contributed by atoms with van der Waals surface area (Å²) in [5.41, 5.74) is 4.85. The van der Waals surface area contributed by atoms with Gasteiger partial charge in [-0.2, -0.15) is 0 Å². The highest BCUT2D eigenvalue weighted by molar-refractivity contribution is 8.00. The molecule has 10 heavy (non-hydrogen) atoms. The Bertz CT molecular complexity index is 136. The van der Waals surface area contributed by atoms with Crippen LogP contribution in [0.1, 0.15) is 13.3 Å². The van der Waals surface area contributed by atoms with Crippen molar-refractivity contribution < 1.29 is 9.59 Å². The van der Waals surface area contributed by atoms with Crippen LogP contribution < -0.4 is 5.73 Å². The first-order chi connectivity index (χ1) is 4.66. The second-order valence-corrected chi connectivity index (χ2v) is 2.84. The predicted molar refractivity (Wildman–Crippen MR) is 41.8 cm³/mol. The van der Waals surface area contributed by atoms with Gasteiger partial charge in [-0.05, 0) is 0 Å². The highest BCUT2D eigenvalue weighted by Crippen LogP contribution is 1.99. The molecule has 58 valence electrons. The zero-order chi connectivity index (χ0) is 7.98. The molecule has 0 atom stereocenters. The van der Waals surface area contributed by atoms with Crippen LogP contribution in [0.25, 0.3) is 0 Å². The molecule has 0 spiro atoms. The number of carbonyl (C=O) groups excluding carboxylic acids is 2. The van der Waals surface area contributed by atoms with Gasteiger partial charge in [0.2, 0.25) is 5.91 Å². The SMILES string of the molecule is CCC(=O)CSCC(N)=O. The number of thioether (sulfide) groups is 1. The van der Waals surface area contributed by atoms with Crippen LogP contribution in [-0.2, 0) is 9.59 Å². The summed E-state index contributed by atoms with van der Waals surface area (Å²) in [7, 11) is 0. The van der Waals surface area contributed by atoms with Gasteiger partial charge in [-0.1, -0.05) is 6.92 Å². The van der Waals surface area contributed by atoms with Crippen LogP contribution in [0, 0.1) is 0 Å². The van der Waals surface area contributed by atoms with E-state index in [1.54, 1.807) is 6.92 Å². The van der Waals surface area contributed by atoms with Gasteiger partial charge < -0.3 is 5.73 Å². The Kier molecular flexibility index (Phi) is 5.02. The molecule has 0 aromatic carbocycles. The summed E-state index contributed by atoms with van der Waals surface area (Å²) in [5.74, 6) is 0.436. The molecule has 1 amide bonds. The number of amides is 1. The molecule has 2 N–H and O–H groups in total. The van der Waals surface area contributed by atoms with Crippen molar-refractivity contribution in [3.8, 4) is 0 Å². The van der Waals surface area contributed by atoms with E-state index in [4.69, 9.17) is 5.73 Å². The molecule has 4 heteroatoms. The van der Waals surface area contributed by atoms with E-state index in [0.717, 1.165) is 0 Å². The third-order valence-corrected chi connectivity index (χ3v) is 1.92. The predicted octanol–water partition coefficient (Wildman–Crippen LogP) is 0.184. The van der Waals surface area contributed by atoms with Gasteiger partial charge in [0.05, 0.1) is 11.5 Å². The highest BCUT2D eigenvalue weighted by Gasteiger charge is 1.99. The Morgan fingerprint density at radius 3 is 2.40 bits per heavy atom. The highest BCUT2D eigenvalue weighted by atomic mass is 32.2. The van der Waals surface area contributed by atoms with Gasteiger partial charge >= 0.3 is 0 Å². The van der Waals surface area contributed by atoms with E-state index in [2.05, 4.69) is 0 Å². The van der Waals surface area contributed by atoms with Crippen LogP contribution in [0.15, 0.2) is 0 Å². The van der Waals surface area contributed by atoms with Gasteiger partial charge in [-0.25, -0.2) is 0 Å². The number of hydrogen-bond donors (Lipinski definition) is 1. The molecule has 0 aromatic rings. The quantitative estimate of drug-likeness (QED) is 0.626. The maximum absolute atomic E-state index is 10.6. The number of rotatable bonds is 5. The maximum Gasteiger partial charge on any atom is 0.227 e. The van der Waals surface area contributed by atoms with Gasteiger partial charge in [-0.15, -0.1) is 11.8 Å². The Morgan fingerprint density at radius 2 is 2.00 bits per heavy atom. The molecule has 0 heterocycles. The average Bonchev–Trinajstić information content (AvgIpc) is 1.87. The summed E-state index contributed by atoms with van der Waals surface area (Å²) >= 11 is 1.27. The monoisotopic (exact) mass is 161 g/mol. The summed E-state index contributed by atoms with van der Waals surface area (Å²) in [6.45, 7) is 1.80. The number of Topliss-reactive ketones (excluding diaryl/α,β-unsaturated/α-hetero) is 1. The van der Waals surface area contributed by atoms with E-state index in [1.165, 1.54) is 11.8 Å². The van der Waals surface area contributed by atoms with E-state index >= 15 is 0 Å². The zero-order valence-electron chi connectivity index (χ0n) is 5.92. The van der Waals surface area contributed by atoms with E-state index in [9.17, 15) is 9.59 Å². The van der Waals surface area contributed by atoms with Crippen molar-refractivity contribution in [2.45, 2.75) is 13.3 Å². The Morgan fingerprint density at radius 1 is 1.40 bits per heavy atom. The molecule has 0 saturated heterocycles. The molecule has 0 bridgehead atoms. The van der Waals surface area contributed by atoms with Crippen LogP contribution in [0.3, 0.4) is 0 Å². The third-order valence-electron chi connectivity index (χ3n) is 0.902. The summed E-state index contributed by atoms with van der Waals surface area (Å²) < 4.78 is 0. The second kappa shape index (κ2) is 5.29. The number of hydrogen-bond acceptors (Lipinski definition) is 3. The third kappa shape index (κ3) is 5.62. The fraction of sp³-hybridized carbons (Fsp3) is 0.667. The van der Waals surface area contributed by atoms with Crippen molar-refractivity contribution in [3.05, 3.63) is 0 Å². The molecule has 0 saturated carbocycles. The maximum atomic E-state index is 10.6. The van der Waals surface area contributed by atoms with Crippen LogP contribution in [0.2, 0.25) is 0 Å². The van der Waals surface area contributed by atoms with E-state index in [-0.39, 0.29) is 17.4 Å². The number of ketones is 1. The smallest absolute Gasteiger partial charge is 0.227 e. The van der Waals surface area contributed by atoms with Crippen molar-refractivity contribution in [2.24, 2.45) is 5.73 Å². The molecule has 0 radical (unpaired) electrons. The number of primary amides is 1. The van der Waals surface area contributed by atoms with Crippen molar-refractivity contribution in [1.82, 2.24) is 0 Å². The molecule has 0 rings (SSSR count). The molecule has 0 unspecified atom stereocenters. The molecule has 0 aliphatic heterocycles. The lowest BCUT2D eigenvalue weighted by atomic mass is 10.4. The van der Waals surface area contributed by atoms with Gasteiger partial charge in [-0.3, -0.25) is 9.59 Å². The van der Waals surface area contributed by atoms with Crippen LogP contribution in [0.4, 0.5) is 0 Å². The van der Waals surface area contributed by atoms with Crippen molar-refractivity contribution in [3.63, 3.8) is 0 Å². The molecule has 3 nitrogen and oxygen atoms in total. The second-order valence-electron chi connectivity index (χ2n) is 1.85. The van der Waals surface area contributed by atoms with Gasteiger partial charge in [0, 0.05) is 6.42 Å². The van der Waals surface area contributed by atoms with Crippen LogP contribution in [0.5, 0.6) is 0 Å². The molecular weight excluding hydrogens is 150 g/mol. The first kappa shape index (κ1) is 9.49. The van der Waals surface area contributed by atoms with E-state index in [0.29, 0.717) is 12.2 Å². The van der Waals surface area contributed by atoms with Crippen LogP contribution in [-0.4, -0.2) is 23.2 Å². The Hall–Kier alpha value is -0.510. The first-order valence-corrected chi connectivity index (χ1v) is 4.20. The minimum Gasteiger partial charge on any atom is -0.369 e. The fourth-order valence-corrected chi connectivity index (χ4v) is 1.10. The number of nitrogens with two attached hydrogens (primary N) is 1. The molecule has 0 fully saturated rings. The van der Waals surface area contributed by atoms with Crippen molar-refractivity contribution >= 4 is 23.5 Å². The standard InChI is InChI=1S/C6H11NO2S/c1-2-5(8)3-10-4-6(7)9/h2-4H2,1H3,(H2,7,9). The lowest BCUT2D eigenvalue weighted by Gasteiger charge is -1.94. The summed E-state index contributed by atoms with van der Waals surface area (Å²) in [4.78, 5) is 20.8. The minimum absolute atomic E-state index is 0.159. The minimum atomic E-state index is -0.367. The Labute approximate surface area is 64.4 Å². The fourth-order valence-electron chi connectivity index (χ4n) is 0.368. The molecule has 0 aromatic heterocycles. The zero-order valence-corrected chi connectivity index (χ0v) is 6.74. The number of carbonyl (C=O) groups is 2. The Balaban J connectivity index is 3.20. The summed E-state index contributed by atoms with van der Waals surface area (Å²) in [6, 6.07) is 0. The van der Waals surface area contributed by atoms with Crippen molar-refractivity contribution in [2.75, 3.05) is 11.5 Å². The van der Waals surface area contributed by atoms with Gasteiger partial charge in [0.1, 0.15) is 5.78 Å². The largest absolute Gasteiger partial charge is 0.369 e. The first-order valence-electron chi connectivity index (χ1n) is 3.04. The summed E-state index contributed by atoms with van der Waals surface area (Å²) in [6.07, 6.45) is 0.533. The van der Waals surface area contributed by atoms with Crippen molar-refractivity contribution in [1.29, 1.82) is 0 Å². The molecule has 0 aliphatic carbocycles. The lowest BCUT2D eigenvalue weighted by molar-refractivity contribution is -0.116. The topological polar surface area (TPSA) is 60.2 Å². The molecular formula is C6H11NO2S. The molecule has 0 aliphatic rings. The normalized spacial score (nSPS) is 9.30. The average molecular weight is 161 g/mol. The lowest BCUT2D eigenvalue weighted by Crippen LogP contribution is -2.14. The van der Waals surface area contributed by atoms with E-state index in [1.807, 2.05) is 0 Å². The van der Waals surface area contributed by atoms with Gasteiger partial charge in [0.15, 0.2) is 0 Å². The van der Waals surface area contributed by atoms with E-state index < -0.39 is 0 Å². The summed E-state index contributed by atoms with van der Waals surface area (Å²) in [5, 5.41) is 0.